The molecule has 0 bridgehead atoms. The van der Waals surface area contributed by atoms with Gasteiger partial charge in [0.05, 0.1) is 16.9 Å². The molecular formula is C26H27FN4O2. The first kappa shape index (κ1) is 22.5. The summed E-state index contributed by atoms with van der Waals surface area (Å²) in [6, 6.07) is 21.9. The van der Waals surface area contributed by atoms with Crippen molar-refractivity contribution in [2.24, 2.45) is 0 Å². The molecule has 170 valence electrons. The summed E-state index contributed by atoms with van der Waals surface area (Å²) in [5, 5.41) is 9.04. The molecule has 2 amide bonds. The molecule has 1 heterocycles. The number of nitrogens with one attached hydrogen (secondary N) is 3. The summed E-state index contributed by atoms with van der Waals surface area (Å²) in [5.74, 6) is -1.61. The van der Waals surface area contributed by atoms with E-state index in [1.165, 1.54) is 18.2 Å². The normalized spacial score (nSPS) is 14.4. The van der Waals surface area contributed by atoms with E-state index in [9.17, 15) is 14.0 Å². The fourth-order valence-corrected chi connectivity index (χ4v) is 3.92. The number of carbonyl (C=O) groups excluding carboxylic acids is 2. The van der Waals surface area contributed by atoms with Crippen LogP contribution in [0.15, 0.2) is 78.9 Å². The molecule has 0 saturated carbocycles. The number of para-hydroxylation sites is 2. The molecule has 1 unspecified atom stereocenters. The van der Waals surface area contributed by atoms with Crippen molar-refractivity contribution in [3.8, 4) is 0 Å². The van der Waals surface area contributed by atoms with Crippen molar-refractivity contribution in [1.29, 1.82) is 0 Å². The minimum atomic E-state index is -0.879. The van der Waals surface area contributed by atoms with Crippen LogP contribution in [0.4, 0.5) is 15.8 Å². The Morgan fingerprint density at radius 3 is 2.33 bits per heavy atom. The van der Waals surface area contributed by atoms with Gasteiger partial charge >= 0.3 is 0 Å². The summed E-state index contributed by atoms with van der Waals surface area (Å²) in [5.41, 5.74) is 2.42. The average Bonchev–Trinajstić information content (AvgIpc) is 2.85. The Kier molecular flexibility index (Phi) is 7.32. The molecule has 0 radical (unpaired) electrons. The summed E-state index contributed by atoms with van der Waals surface area (Å²) in [6.07, 6.45) is 0.280. The van der Waals surface area contributed by atoms with E-state index in [1.54, 1.807) is 6.07 Å². The van der Waals surface area contributed by atoms with Crippen molar-refractivity contribution >= 4 is 23.2 Å². The summed E-state index contributed by atoms with van der Waals surface area (Å²) in [7, 11) is 0. The summed E-state index contributed by atoms with van der Waals surface area (Å²) >= 11 is 0. The molecule has 1 aliphatic heterocycles. The van der Waals surface area contributed by atoms with E-state index >= 15 is 0 Å². The maximum Gasteiger partial charge on any atom is 0.254 e. The van der Waals surface area contributed by atoms with Crippen molar-refractivity contribution in [2.75, 3.05) is 36.4 Å². The van der Waals surface area contributed by atoms with Crippen LogP contribution in [0.5, 0.6) is 0 Å². The van der Waals surface area contributed by atoms with Crippen LogP contribution in [-0.4, -0.2) is 44.0 Å². The average molecular weight is 447 g/mol. The van der Waals surface area contributed by atoms with E-state index in [2.05, 4.69) is 20.9 Å². The first-order chi connectivity index (χ1) is 16.1. The van der Waals surface area contributed by atoms with Crippen LogP contribution in [0.1, 0.15) is 15.9 Å². The predicted molar refractivity (Wildman–Crippen MR) is 128 cm³/mol. The highest BCUT2D eigenvalue weighted by Crippen LogP contribution is 2.26. The first-order valence-corrected chi connectivity index (χ1v) is 11.1. The number of piperazine rings is 1. The number of anilines is 2. The van der Waals surface area contributed by atoms with Gasteiger partial charge in [-0.2, -0.15) is 0 Å². The lowest BCUT2D eigenvalue weighted by Gasteiger charge is -2.31. The van der Waals surface area contributed by atoms with Gasteiger partial charge < -0.3 is 20.9 Å². The molecule has 6 nitrogen and oxygen atoms in total. The summed E-state index contributed by atoms with van der Waals surface area (Å²) in [4.78, 5) is 28.4. The third-order valence-corrected chi connectivity index (χ3v) is 5.64. The van der Waals surface area contributed by atoms with Crippen molar-refractivity contribution in [1.82, 2.24) is 10.6 Å². The van der Waals surface area contributed by atoms with Crippen molar-refractivity contribution in [3.63, 3.8) is 0 Å². The second-order valence-electron chi connectivity index (χ2n) is 7.94. The zero-order valence-corrected chi connectivity index (χ0v) is 18.3. The Balaban J connectivity index is 1.56. The lowest BCUT2D eigenvalue weighted by molar-refractivity contribution is -0.118. The van der Waals surface area contributed by atoms with E-state index in [4.69, 9.17) is 0 Å². The van der Waals surface area contributed by atoms with Crippen LogP contribution in [0.2, 0.25) is 0 Å². The molecule has 4 rings (SSSR count). The van der Waals surface area contributed by atoms with Gasteiger partial charge in [0.2, 0.25) is 5.91 Å². The van der Waals surface area contributed by atoms with Crippen LogP contribution in [0, 0.1) is 5.82 Å². The van der Waals surface area contributed by atoms with Gasteiger partial charge in [0.1, 0.15) is 11.9 Å². The monoisotopic (exact) mass is 446 g/mol. The van der Waals surface area contributed by atoms with Gasteiger partial charge in [0, 0.05) is 32.6 Å². The fourth-order valence-electron chi connectivity index (χ4n) is 3.92. The van der Waals surface area contributed by atoms with Gasteiger partial charge in [0.25, 0.3) is 5.91 Å². The Hall–Kier alpha value is -3.71. The van der Waals surface area contributed by atoms with Gasteiger partial charge in [0.15, 0.2) is 0 Å². The first-order valence-electron chi connectivity index (χ1n) is 11.1. The predicted octanol–water partition coefficient (Wildman–Crippen LogP) is 3.22. The van der Waals surface area contributed by atoms with Crippen LogP contribution in [0.3, 0.4) is 0 Å². The Labute approximate surface area is 192 Å². The van der Waals surface area contributed by atoms with Crippen molar-refractivity contribution in [3.05, 3.63) is 95.8 Å². The van der Waals surface area contributed by atoms with E-state index in [0.29, 0.717) is 5.69 Å². The van der Waals surface area contributed by atoms with Crippen LogP contribution < -0.4 is 20.9 Å². The molecule has 1 fully saturated rings. The van der Waals surface area contributed by atoms with E-state index in [1.807, 2.05) is 54.6 Å². The maximum atomic E-state index is 14.2. The van der Waals surface area contributed by atoms with Gasteiger partial charge in [-0.15, -0.1) is 0 Å². The number of hydrogen-bond donors (Lipinski definition) is 3. The number of hydrogen-bond acceptors (Lipinski definition) is 4. The molecule has 0 spiro atoms. The van der Waals surface area contributed by atoms with E-state index in [-0.39, 0.29) is 17.9 Å². The smallest absolute Gasteiger partial charge is 0.254 e. The zero-order valence-electron chi connectivity index (χ0n) is 18.3. The third kappa shape index (κ3) is 5.75. The topological polar surface area (TPSA) is 73.5 Å². The number of benzene rings is 3. The standard InChI is InChI=1S/C26H27FN4O2/c27-21-11-5-4-10-20(21)25(32)30-23(18-19-8-2-1-3-9-19)26(33)29-22-12-6-7-13-24(22)31-16-14-28-15-17-31/h1-13,23,28H,14-18H2,(H,29,33)(H,30,32). The molecule has 1 atom stereocenters. The van der Waals surface area contributed by atoms with Gasteiger partial charge in [-0.05, 0) is 29.8 Å². The summed E-state index contributed by atoms with van der Waals surface area (Å²) in [6.45, 7) is 3.42. The molecule has 7 heteroatoms. The van der Waals surface area contributed by atoms with Crippen molar-refractivity contribution < 1.29 is 14.0 Å². The van der Waals surface area contributed by atoms with Crippen LogP contribution in [-0.2, 0) is 11.2 Å². The molecule has 3 N–H and O–H groups in total. The minimum Gasteiger partial charge on any atom is -0.367 e. The zero-order chi connectivity index (χ0) is 23.0. The third-order valence-electron chi connectivity index (χ3n) is 5.64. The van der Waals surface area contributed by atoms with Crippen LogP contribution >= 0.6 is 0 Å². The fraction of sp³-hybridized carbons (Fsp3) is 0.231. The Morgan fingerprint density at radius 2 is 1.58 bits per heavy atom. The SMILES string of the molecule is O=C(NC(Cc1ccccc1)C(=O)Nc1ccccc1N1CCNCC1)c1ccccc1F. The highest BCUT2D eigenvalue weighted by atomic mass is 19.1. The van der Waals surface area contributed by atoms with Gasteiger partial charge in [-0.3, -0.25) is 9.59 Å². The highest BCUT2D eigenvalue weighted by molar-refractivity contribution is 6.02. The van der Waals surface area contributed by atoms with E-state index < -0.39 is 17.8 Å². The molecule has 33 heavy (non-hydrogen) atoms. The largest absolute Gasteiger partial charge is 0.367 e. The number of nitrogens with zero attached hydrogens (tertiary/aromatic N) is 1. The molecule has 3 aromatic carbocycles. The van der Waals surface area contributed by atoms with Gasteiger partial charge in [-0.25, -0.2) is 4.39 Å². The number of amides is 2. The molecule has 1 aliphatic rings. The number of carbonyl (C=O) groups is 2. The number of halogens is 1. The summed E-state index contributed by atoms with van der Waals surface area (Å²) < 4.78 is 14.2. The Morgan fingerprint density at radius 1 is 0.909 bits per heavy atom. The molecule has 3 aromatic rings. The van der Waals surface area contributed by atoms with Crippen LogP contribution in [0.25, 0.3) is 0 Å². The Bertz CT molecular complexity index is 1100. The molecule has 1 saturated heterocycles. The van der Waals surface area contributed by atoms with Gasteiger partial charge in [-0.1, -0.05) is 54.6 Å². The molecular weight excluding hydrogens is 419 g/mol. The van der Waals surface area contributed by atoms with Crippen molar-refractivity contribution in [2.45, 2.75) is 12.5 Å². The molecule has 0 aromatic heterocycles. The lowest BCUT2D eigenvalue weighted by Crippen LogP contribution is -2.46. The second kappa shape index (κ2) is 10.7. The highest BCUT2D eigenvalue weighted by Gasteiger charge is 2.25. The quantitative estimate of drug-likeness (QED) is 0.521. The maximum absolute atomic E-state index is 14.2. The molecule has 0 aliphatic carbocycles. The second-order valence-corrected chi connectivity index (χ2v) is 7.94. The number of rotatable bonds is 7. The lowest BCUT2D eigenvalue weighted by atomic mass is 10.0. The minimum absolute atomic E-state index is 0.0930. The van der Waals surface area contributed by atoms with E-state index in [0.717, 1.165) is 37.4 Å².